The second-order valence-electron chi connectivity index (χ2n) is 5.51. The molecule has 1 aromatic rings. The minimum atomic E-state index is -0.636. The number of hydrogen-bond acceptors (Lipinski definition) is 5. The molecule has 9 heteroatoms. The van der Waals surface area contributed by atoms with Crippen molar-refractivity contribution in [1.82, 2.24) is 10.6 Å². The Balaban J connectivity index is 0.00000312. The van der Waals surface area contributed by atoms with E-state index in [1.807, 2.05) is 13.0 Å². The molecule has 0 aliphatic carbocycles. The number of aliphatic imine (C=N–C) groups is 1. The molecule has 2 unspecified atom stereocenters. The Bertz CT molecular complexity index is 513. The van der Waals surface area contributed by atoms with Crippen molar-refractivity contribution in [3.05, 3.63) is 21.3 Å². The minimum absolute atomic E-state index is 0. The summed E-state index contributed by atoms with van der Waals surface area (Å²) in [6, 6.07) is 3.62. The maximum Gasteiger partial charge on any atom is 0.191 e. The van der Waals surface area contributed by atoms with Gasteiger partial charge in [-0.05, 0) is 31.9 Å². The Morgan fingerprint density at radius 1 is 1.52 bits per heavy atom. The predicted molar refractivity (Wildman–Crippen MR) is 113 cm³/mol. The summed E-state index contributed by atoms with van der Waals surface area (Å²) in [7, 11) is 0. The van der Waals surface area contributed by atoms with Crippen LogP contribution >= 0.6 is 46.9 Å². The average molecular weight is 504 g/mol. The van der Waals surface area contributed by atoms with Crippen LogP contribution in [0.25, 0.3) is 0 Å². The zero-order valence-corrected chi connectivity index (χ0v) is 18.3. The van der Waals surface area contributed by atoms with E-state index < -0.39 is 6.10 Å². The second kappa shape index (κ2) is 13.1. The number of aliphatic hydroxyl groups is 1. The molecule has 0 bridgehead atoms. The Morgan fingerprint density at radius 3 is 3.00 bits per heavy atom. The van der Waals surface area contributed by atoms with Crippen molar-refractivity contribution in [2.75, 3.05) is 39.5 Å². The molecule has 6 nitrogen and oxygen atoms in total. The van der Waals surface area contributed by atoms with Crippen LogP contribution in [0, 0.1) is 0 Å². The minimum Gasteiger partial charge on any atom is -0.386 e. The highest BCUT2D eigenvalue weighted by Gasteiger charge is 2.15. The van der Waals surface area contributed by atoms with Gasteiger partial charge in [0.05, 0.1) is 23.6 Å². The molecule has 0 radical (unpaired) electrons. The van der Waals surface area contributed by atoms with Gasteiger partial charge in [0.25, 0.3) is 0 Å². The molecule has 2 rings (SSSR count). The number of guanidine groups is 1. The third-order valence-corrected chi connectivity index (χ3v) is 4.88. The maximum atomic E-state index is 10.1. The van der Waals surface area contributed by atoms with Crippen LogP contribution in [0.4, 0.5) is 0 Å². The normalized spacial score (nSPS) is 18.7. The predicted octanol–water partition coefficient (Wildman–Crippen LogP) is 2.80. The van der Waals surface area contributed by atoms with Crippen LogP contribution < -0.4 is 10.6 Å². The van der Waals surface area contributed by atoms with Gasteiger partial charge in [-0.2, -0.15) is 0 Å². The highest BCUT2D eigenvalue weighted by Crippen LogP contribution is 2.26. The van der Waals surface area contributed by atoms with Crippen LogP contribution in [0.1, 0.15) is 30.7 Å². The summed E-state index contributed by atoms with van der Waals surface area (Å²) in [6.45, 7) is 6.05. The monoisotopic (exact) mass is 503 g/mol. The summed E-state index contributed by atoms with van der Waals surface area (Å²) in [6.07, 6.45) is 1.50. The zero-order chi connectivity index (χ0) is 17.2. The van der Waals surface area contributed by atoms with Gasteiger partial charge in [0.1, 0.15) is 6.10 Å². The third kappa shape index (κ3) is 8.87. The van der Waals surface area contributed by atoms with Gasteiger partial charge in [-0.1, -0.05) is 11.6 Å². The summed E-state index contributed by atoms with van der Waals surface area (Å²) in [5, 5.41) is 16.6. The Labute approximate surface area is 175 Å². The zero-order valence-electron chi connectivity index (χ0n) is 14.4. The highest BCUT2D eigenvalue weighted by atomic mass is 127. The second-order valence-corrected chi connectivity index (χ2v) is 7.26. The summed E-state index contributed by atoms with van der Waals surface area (Å²) < 4.78 is 11.7. The van der Waals surface area contributed by atoms with Gasteiger partial charge in [-0.3, -0.25) is 4.99 Å². The Morgan fingerprint density at radius 2 is 2.36 bits per heavy atom. The Kier molecular flexibility index (Phi) is 12.0. The molecule has 3 N–H and O–H groups in total. The van der Waals surface area contributed by atoms with Gasteiger partial charge in [0.15, 0.2) is 5.96 Å². The van der Waals surface area contributed by atoms with E-state index in [0.29, 0.717) is 30.1 Å². The molecule has 1 aliphatic heterocycles. The van der Waals surface area contributed by atoms with Gasteiger partial charge in [-0.25, -0.2) is 0 Å². The molecule has 0 amide bonds. The largest absolute Gasteiger partial charge is 0.386 e. The molecular weight excluding hydrogens is 477 g/mol. The molecule has 2 heterocycles. The maximum absolute atomic E-state index is 10.1. The fraction of sp³-hybridized carbons (Fsp3) is 0.688. The van der Waals surface area contributed by atoms with Crippen molar-refractivity contribution in [3.8, 4) is 0 Å². The van der Waals surface area contributed by atoms with Crippen LogP contribution in [0.3, 0.4) is 0 Å². The quantitative estimate of drug-likeness (QED) is 0.209. The van der Waals surface area contributed by atoms with E-state index in [9.17, 15) is 5.11 Å². The van der Waals surface area contributed by atoms with E-state index in [4.69, 9.17) is 21.1 Å². The van der Waals surface area contributed by atoms with Crippen LogP contribution in [0.15, 0.2) is 17.1 Å². The molecule has 2 atom stereocenters. The first-order valence-corrected chi connectivity index (χ1v) is 9.53. The Hall–Kier alpha value is -0.130. The van der Waals surface area contributed by atoms with Gasteiger partial charge < -0.3 is 25.2 Å². The fourth-order valence-corrected chi connectivity index (χ4v) is 3.33. The van der Waals surface area contributed by atoms with Gasteiger partial charge in [-0.15, -0.1) is 35.3 Å². The van der Waals surface area contributed by atoms with Gasteiger partial charge in [0, 0.05) is 31.2 Å². The van der Waals surface area contributed by atoms with Crippen molar-refractivity contribution in [2.24, 2.45) is 4.99 Å². The van der Waals surface area contributed by atoms with E-state index in [1.165, 1.54) is 11.3 Å². The van der Waals surface area contributed by atoms with Crippen molar-refractivity contribution in [1.29, 1.82) is 0 Å². The summed E-state index contributed by atoms with van der Waals surface area (Å²) in [5.41, 5.74) is 0. The number of ether oxygens (including phenoxy) is 2. The van der Waals surface area contributed by atoms with E-state index in [2.05, 4.69) is 15.6 Å². The molecule has 1 saturated heterocycles. The first kappa shape index (κ1) is 22.9. The standard InChI is InChI=1S/C16H26ClN3O3S.HI/c1-2-18-16(19-7-3-8-23-12-6-9-22-11-12)20-10-13(21)14-4-5-15(17)24-14;/h4-5,12-13,21H,2-3,6-11H2,1H3,(H2,18,19,20);1H. The number of nitrogens with one attached hydrogen (secondary N) is 2. The first-order valence-electron chi connectivity index (χ1n) is 8.34. The number of hydrogen-bond donors (Lipinski definition) is 3. The van der Waals surface area contributed by atoms with Crippen molar-refractivity contribution in [3.63, 3.8) is 0 Å². The van der Waals surface area contributed by atoms with Crippen molar-refractivity contribution in [2.45, 2.75) is 32.0 Å². The van der Waals surface area contributed by atoms with Crippen LogP contribution in [-0.2, 0) is 9.47 Å². The smallest absolute Gasteiger partial charge is 0.191 e. The van der Waals surface area contributed by atoms with E-state index in [1.54, 1.807) is 6.07 Å². The first-order chi connectivity index (χ1) is 11.7. The third-order valence-electron chi connectivity index (χ3n) is 3.54. The fourth-order valence-electron chi connectivity index (χ4n) is 2.29. The molecule has 25 heavy (non-hydrogen) atoms. The molecule has 0 saturated carbocycles. The van der Waals surface area contributed by atoms with E-state index in [0.717, 1.165) is 37.4 Å². The van der Waals surface area contributed by atoms with Crippen LogP contribution in [-0.4, -0.2) is 56.6 Å². The lowest BCUT2D eigenvalue weighted by Crippen LogP contribution is -2.38. The lowest BCUT2D eigenvalue weighted by Gasteiger charge is -2.13. The van der Waals surface area contributed by atoms with Crippen molar-refractivity contribution >= 4 is 52.9 Å². The molecule has 0 spiro atoms. The van der Waals surface area contributed by atoms with Crippen LogP contribution in [0.2, 0.25) is 4.34 Å². The number of halogens is 2. The molecule has 1 aliphatic rings. The topological polar surface area (TPSA) is 75.1 Å². The van der Waals surface area contributed by atoms with Gasteiger partial charge >= 0.3 is 0 Å². The lowest BCUT2D eigenvalue weighted by atomic mass is 10.3. The van der Waals surface area contributed by atoms with E-state index in [-0.39, 0.29) is 30.1 Å². The SMILES string of the molecule is CCNC(=NCC(O)c1ccc(Cl)s1)NCCCOC1CCOC1.I. The summed E-state index contributed by atoms with van der Waals surface area (Å²) in [4.78, 5) is 5.25. The number of aliphatic hydroxyl groups excluding tert-OH is 1. The van der Waals surface area contributed by atoms with Crippen LogP contribution in [0.5, 0.6) is 0 Å². The number of nitrogens with zero attached hydrogens (tertiary/aromatic N) is 1. The van der Waals surface area contributed by atoms with E-state index >= 15 is 0 Å². The van der Waals surface area contributed by atoms with Gasteiger partial charge in [0.2, 0.25) is 0 Å². The molecule has 144 valence electrons. The average Bonchev–Trinajstić information content (AvgIpc) is 3.23. The number of thiophene rings is 1. The summed E-state index contributed by atoms with van der Waals surface area (Å²) in [5.74, 6) is 0.698. The lowest BCUT2D eigenvalue weighted by molar-refractivity contribution is 0.0420. The summed E-state index contributed by atoms with van der Waals surface area (Å²) >= 11 is 7.27. The molecule has 1 fully saturated rings. The molecule has 0 aromatic carbocycles. The molecule has 1 aromatic heterocycles. The highest BCUT2D eigenvalue weighted by molar-refractivity contribution is 14.0. The molecular formula is C16H27ClIN3O3S. The number of rotatable bonds is 9. The van der Waals surface area contributed by atoms with Crippen molar-refractivity contribution < 1.29 is 14.6 Å².